The topological polar surface area (TPSA) is 25.2 Å². The maximum Gasteiger partial charge on any atom is 0.0947 e. The molecule has 3 rings (SSSR count). The fraction of sp³-hybridized carbons (Fsp3) is 0.412. The summed E-state index contributed by atoms with van der Waals surface area (Å²) < 4.78 is 5.14. The third-order valence-corrected chi connectivity index (χ3v) is 4.28. The van der Waals surface area contributed by atoms with Crippen molar-refractivity contribution >= 4 is 0 Å². The van der Waals surface area contributed by atoms with E-state index in [0.29, 0.717) is 6.04 Å². The van der Waals surface area contributed by atoms with Crippen LogP contribution >= 0.6 is 0 Å². The second-order valence-electron chi connectivity index (χ2n) is 6.13. The third-order valence-electron chi connectivity index (χ3n) is 4.28. The van der Waals surface area contributed by atoms with Gasteiger partial charge in [-0.05, 0) is 35.4 Å². The lowest BCUT2D eigenvalue weighted by Crippen LogP contribution is -2.37. The molecular weight excluding hydrogens is 234 g/mol. The average Bonchev–Trinajstić information content (AvgIpc) is 2.90. The number of furan rings is 1. The zero-order valence-corrected chi connectivity index (χ0v) is 11.6. The lowest BCUT2D eigenvalue weighted by Gasteiger charge is -2.40. The van der Waals surface area contributed by atoms with Crippen LogP contribution in [0, 0.1) is 5.41 Å². The van der Waals surface area contributed by atoms with Gasteiger partial charge in [0.25, 0.3) is 0 Å². The summed E-state index contributed by atoms with van der Waals surface area (Å²) in [4.78, 5) is 0. The Balaban J connectivity index is 1.84. The molecule has 0 saturated heterocycles. The largest absolute Gasteiger partial charge is 0.472 e. The summed E-state index contributed by atoms with van der Waals surface area (Å²) in [6.45, 7) is 5.57. The minimum absolute atomic E-state index is 0.290. The van der Waals surface area contributed by atoms with Gasteiger partial charge >= 0.3 is 0 Å². The van der Waals surface area contributed by atoms with E-state index in [0.717, 1.165) is 6.54 Å². The number of hydrogen-bond donors (Lipinski definition) is 1. The van der Waals surface area contributed by atoms with Crippen LogP contribution in [-0.2, 0) is 13.0 Å². The highest BCUT2D eigenvalue weighted by molar-refractivity contribution is 5.34. The van der Waals surface area contributed by atoms with Gasteiger partial charge in [0.15, 0.2) is 0 Å². The molecule has 0 radical (unpaired) electrons. The molecule has 1 aromatic carbocycles. The van der Waals surface area contributed by atoms with E-state index in [2.05, 4.69) is 43.4 Å². The van der Waals surface area contributed by atoms with Gasteiger partial charge in [0.1, 0.15) is 0 Å². The molecule has 0 spiro atoms. The summed E-state index contributed by atoms with van der Waals surface area (Å²) in [5, 5.41) is 3.71. The van der Waals surface area contributed by atoms with Crippen LogP contribution in [0.15, 0.2) is 47.3 Å². The molecule has 0 fully saturated rings. The Morgan fingerprint density at radius 3 is 2.89 bits per heavy atom. The average molecular weight is 255 g/mol. The molecule has 1 N–H and O–H groups in total. The lowest BCUT2D eigenvalue weighted by atomic mass is 9.70. The summed E-state index contributed by atoms with van der Waals surface area (Å²) in [7, 11) is 0. The molecule has 0 bridgehead atoms. The third kappa shape index (κ3) is 2.45. The SMILES string of the molecule is CC1(C)CCc2ccccc2C1NCc1ccoc1. The van der Waals surface area contributed by atoms with E-state index >= 15 is 0 Å². The van der Waals surface area contributed by atoms with Gasteiger partial charge in [-0.2, -0.15) is 0 Å². The monoisotopic (exact) mass is 255 g/mol. The minimum Gasteiger partial charge on any atom is -0.472 e. The van der Waals surface area contributed by atoms with Crippen LogP contribution in [0.25, 0.3) is 0 Å². The highest BCUT2D eigenvalue weighted by Gasteiger charge is 2.35. The van der Waals surface area contributed by atoms with Crippen LogP contribution in [0.5, 0.6) is 0 Å². The molecule has 2 aromatic rings. The Morgan fingerprint density at radius 2 is 2.11 bits per heavy atom. The van der Waals surface area contributed by atoms with Gasteiger partial charge in [0.05, 0.1) is 12.5 Å². The molecule has 1 heterocycles. The molecular formula is C17H21NO. The zero-order chi connectivity index (χ0) is 13.3. The molecule has 1 atom stereocenters. The van der Waals surface area contributed by atoms with Crippen molar-refractivity contribution in [3.05, 3.63) is 59.5 Å². The van der Waals surface area contributed by atoms with E-state index < -0.39 is 0 Å². The van der Waals surface area contributed by atoms with Crippen LogP contribution < -0.4 is 5.32 Å². The second-order valence-corrected chi connectivity index (χ2v) is 6.13. The van der Waals surface area contributed by atoms with Gasteiger partial charge < -0.3 is 9.73 Å². The Morgan fingerprint density at radius 1 is 1.26 bits per heavy atom. The molecule has 19 heavy (non-hydrogen) atoms. The van der Waals surface area contributed by atoms with Crippen molar-refractivity contribution in [2.45, 2.75) is 39.3 Å². The first-order valence-corrected chi connectivity index (χ1v) is 6.99. The molecule has 1 aromatic heterocycles. The molecule has 0 amide bonds. The highest BCUT2D eigenvalue weighted by Crippen LogP contribution is 2.43. The molecule has 1 aliphatic carbocycles. The Bertz CT molecular complexity index is 542. The predicted molar refractivity (Wildman–Crippen MR) is 76.8 cm³/mol. The van der Waals surface area contributed by atoms with Crippen molar-refractivity contribution in [1.82, 2.24) is 5.32 Å². The van der Waals surface area contributed by atoms with E-state index in [1.54, 1.807) is 6.26 Å². The number of rotatable bonds is 3. The van der Waals surface area contributed by atoms with Crippen LogP contribution in [0.4, 0.5) is 0 Å². The number of nitrogens with one attached hydrogen (secondary N) is 1. The standard InChI is InChI=1S/C17H21NO/c1-17(2)9-7-14-5-3-4-6-15(14)16(17)18-11-13-8-10-19-12-13/h3-6,8,10,12,16,18H,7,9,11H2,1-2H3. The van der Waals surface area contributed by atoms with Crippen LogP contribution in [-0.4, -0.2) is 0 Å². The first kappa shape index (κ1) is 12.5. The summed E-state index contributed by atoms with van der Waals surface area (Å²) in [6, 6.07) is 11.2. The Hall–Kier alpha value is -1.54. The Kier molecular flexibility index (Phi) is 3.19. The first-order chi connectivity index (χ1) is 9.17. The normalized spacial score (nSPS) is 21.1. The molecule has 2 nitrogen and oxygen atoms in total. The van der Waals surface area contributed by atoms with Gasteiger partial charge in [-0.1, -0.05) is 38.1 Å². The van der Waals surface area contributed by atoms with Gasteiger partial charge in [0, 0.05) is 18.2 Å². The van der Waals surface area contributed by atoms with E-state index in [1.807, 2.05) is 12.3 Å². The van der Waals surface area contributed by atoms with Crippen molar-refractivity contribution in [2.24, 2.45) is 5.41 Å². The molecule has 2 heteroatoms. The number of fused-ring (bicyclic) bond motifs is 1. The molecule has 0 aliphatic heterocycles. The minimum atomic E-state index is 0.290. The van der Waals surface area contributed by atoms with Crippen LogP contribution in [0.2, 0.25) is 0 Å². The lowest BCUT2D eigenvalue weighted by molar-refractivity contribution is 0.208. The summed E-state index contributed by atoms with van der Waals surface area (Å²) in [6.07, 6.45) is 5.96. The highest BCUT2D eigenvalue weighted by atomic mass is 16.3. The van der Waals surface area contributed by atoms with Crippen molar-refractivity contribution in [3.63, 3.8) is 0 Å². The zero-order valence-electron chi connectivity index (χ0n) is 11.6. The van der Waals surface area contributed by atoms with E-state index in [-0.39, 0.29) is 5.41 Å². The second kappa shape index (κ2) is 4.86. The van der Waals surface area contributed by atoms with Crippen molar-refractivity contribution < 1.29 is 4.42 Å². The van der Waals surface area contributed by atoms with Crippen LogP contribution in [0.1, 0.15) is 43.0 Å². The fourth-order valence-electron chi connectivity index (χ4n) is 3.07. The maximum atomic E-state index is 5.14. The number of hydrogen-bond acceptors (Lipinski definition) is 2. The summed E-state index contributed by atoms with van der Waals surface area (Å²) >= 11 is 0. The predicted octanol–water partition coefficient (Wildman–Crippen LogP) is 4.08. The van der Waals surface area contributed by atoms with Crippen molar-refractivity contribution in [2.75, 3.05) is 0 Å². The molecule has 1 unspecified atom stereocenters. The van der Waals surface area contributed by atoms with Crippen LogP contribution in [0.3, 0.4) is 0 Å². The smallest absolute Gasteiger partial charge is 0.0947 e. The van der Waals surface area contributed by atoms with Gasteiger partial charge in [0.2, 0.25) is 0 Å². The fourth-order valence-corrected chi connectivity index (χ4v) is 3.07. The first-order valence-electron chi connectivity index (χ1n) is 6.99. The van der Waals surface area contributed by atoms with Crippen molar-refractivity contribution in [3.8, 4) is 0 Å². The van der Waals surface area contributed by atoms with E-state index in [9.17, 15) is 0 Å². The summed E-state index contributed by atoms with van der Waals surface area (Å²) in [5.74, 6) is 0. The van der Waals surface area contributed by atoms with Gasteiger partial charge in [-0.3, -0.25) is 0 Å². The van der Waals surface area contributed by atoms with E-state index in [1.165, 1.54) is 29.5 Å². The Labute approximate surface area is 114 Å². The quantitative estimate of drug-likeness (QED) is 0.894. The van der Waals surface area contributed by atoms with Gasteiger partial charge in [-0.15, -0.1) is 0 Å². The number of aryl methyl sites for hydroxylation is 1. The maximum absolute atomic E-state index is 5.14. The molecule has 100 valence electrons. The summed E-state index contributed by atoms with van der Waals surface area (Å²) in [5.41, 5.74) is 4.45. The van der Waals surface area contributed by atoms with Crippen molar-refractivity contribution in [1.29, 1.82) is 0 Å². The molecule has 1 aliphatic rings. The van der Waals surface area contributed by atoms with Gasteiger partial charge in [-0.25, -0.2) is 0 Å². The van der Waals surface area contributed by atoms with E-state index in [4.69, 9.17) is 4.42 Å². The molecule has 0 saturated carbocycles. The number of benzene rings is 1.